The van der Waals surface area contributed by atoms with Gasteiger partial charge >= 0.3 is 0 Å². The molecule has 0 bridgehead atoms. The Morgan fingerprint density at radius 3 is 2.79 bits per heavy atom. The predicted molar refractivity (Wildman–Crippen MR) is 92.1 cm³/mol. The molecule has 128 valence electrons. The highest BCUT2D eigenvalue weighted by Crippen LogP contribution is 2.37. The van der Waals surface area contributed by atoms with Crippen molar-refractivity contribution in [2.45, 2.75) is 57.9 Å². The van der Waals surface area contributed by atoms with Crippen molar-refractivity contribution in [3.8, 4) is 5.69 Å². The molecule has 0 aliphatic heterocycles. The number of rotatable bonds is 4. The molecule has 1 aromatic heterocycles. The molecule has 0 atom stereocenters. The lowest BCUT2D eigenvalue weighted by Crippen LogP contribution is -2.48. The van der Waals surface area contributed by atoms with Crippen molar-refractivity contribution < 1.29 is 4.79 Å². The number of nitrogens with zero attached hydrogens (tertiary/aromatic N) is 4. The highest BCUT2D eigenvalue weighted by Gasteiger charge is 2.40. The van der Waals surface area contributed by atoms with Gasteiger partial charge in [0.25, 0.3) is 0 Å². The second kappa shape index (κ2) is 6.89. The molecule has 1 aromatic carbocycles. The number of hydrogen-bond donors (Lipinski definition) is 1. The van der Waals surface area contributed by atoms with Gasteiger partial charge in [-0.25, -0.2) is 0 Å². The summed E-state index contributed by atoms with van der Waals surface area (Å²) in [5.41, 5.74) is 1.25. The van der Waals surface area contributed by atoms with Crippen LogP contribution in [0.15, 0.2) is 18.2 Å². The fourth-order valence-electron chi connectivity index (χ4n) is 3.39. The second-order valence-corrected chi connectivity index (χ2v) is 6.75. The molecule has 1 saturated carbocycles. The van der Waals surface area contributed by atoms with E-state index < -0.39 is 5.54 Å². The van der Waals surface area contributed by atoms with E-state index in [2.05, 4.69) is 20.8 Å². The van der Waals surface area contributed by atoms with Gasteiger partial charge in [0.05, 0.1) is 5.69 Å². The lowest BCUT2D eigenvalue weighted by molar-refractivity contribution is -0.123. The molecular weight excluding hydrogens is 326 g/mol. The van der Waals surface area contributed by atoms with Gasteiger partial charge in [-0.1, -0.05) is 43.9 Å². The summed E-state index contributed by atoms with van der Waals surface area (Å²) in [7, 11) is 0. The summed E-state index contributed by atoms with van der Waals surface area (Å²) in [6, 6.07) is 5.67. The Balaban J connectivity index is 2.09. The van der Waals surface area contributed by atoms with E-state index in [1.165, 1.54) is 6.42 Å². The lowest BCUT2D eigenvalue weighted by atomic mass is 9.80. The summed E-state index contributed by atoms with van der Waals surface area (Å²) in [5, 5.41) is 16.2. The summed E-state index contributed by atoms with van der Waals surface area (Å²) in [5.74, 6) is 0.712. The normalized spacial score (nSPS) is 16.8. The molecule has 24 heavy (non-hydrogen) atoms. The van der Waals surface area contributed by atoms with Crippen molar-refractivity contribution in [3.63, 3.8) is 0 Å². The zero-order valence-corrected chi connectivity index (χ0v) is 14.8. The van der Waals surface area contributed by atoms with Gasteiger partial charge in [0.15, 0.2) is 5.82 Å². The van der Waals surface area contributed by atoms with Gasteiger partial charge in [-0.15, -0.1) is 5.10 Å². The molecule has 0 spiro atoms. The van der Waals surface area contributed by atoms with Crippen molar-refractivity contribution in [1.82, 2.24) is 25.5 Å². The summed E-state index contributed by atoms with van der Waals surface area (Å²) in [4.78, 5) is 12.1. The van der Waals surface area contributed by atoms with E-state index in [4.69, 9.17) is 11.6 Å². The van der Waals surface area contributed by atoms with Crippen LogP contribution in [-0.4, -0.2) is 26.1 Å². The largest absolute Gasteiger partial charge is 0.343 e. The van der Waals surface area contributed by atoms with Crippen LogP contribution >= 0.6 is 11.6 Å². The van der Waals surface area contributed by atoms with Crippen LogP contribution in [0.5, 0.6) is 0 Å². The van der Waals surface area contributed by atoms with Crippen LogP contribution in [0.4, 0.5) is 0 Å². The Labute approximate surface area is 146 Å². The first-order valence-electron chi connectivity index (χ1n) is 8.43. The first-order valence-corrected chi connectivity index (χ1v) is 8.80. The van der Waals surface area contributed by atoms with Crippen molar-refractivity contribution in [1.29, 1.82) is 0 Å². The van der Waals surface area contributed by atoms with Crippen LogP contribution in [0.1, 0.15) is 56.8 Å². The smallest absolute Gasteiger partial charge is 0.220 e. The van der Waals surface area contributed by atoms with Gasteiger partial charge in [-0.05, 0) is 47.9 Å². The average molecular weight is 348 g/mol. The fraction of sp³-hybridized carbons (Fsp3) is 0.529. The number of hydrogen-bond acceptors (Lipinski definition) is 4. The van der Waals surface area contributed by atoms with E-state index in [1.54, 1.807) is 4.68 Å². The van der Waals surface area contributed by atoms with Gasteiger partial charge in [0, 0.05) is 11.4 Å². The third-order valence-corrected chi connectivity index (χ3v) is 5.18. The number of halogens is 1. The summed E-state index contributed by atoms with van der Waals surface area (Å²) in [6.45, 7) is 3.80. The van der Waals surface area contributed by atoms with Crippen molar-refractivity contribution >= 4 is 17.5 Å². The SMILES string of the molecule is CCC(=O)NC1(c2nnnn2-c2cccc(Cl)c2C)CCCCC1. The van der Waals surface area contributed by atoms with Crippen LogP contribution < -0.4 is 5.32 Å². The molecule has 1 N–H and O–H groups in total. The predicted octanol–water partition coefficient (Wildman–Crippen LogP) is 3.31. The van der Waals surface area contributed by atoms with Gasteiger partial charge in [0.1, 0.15) is 5.54 Å². The van der Waals surface area contributed by atoms with E-state index in [1.807, 2.05) is 32.0 Å². The second-order valence-electron chi connectivity index (χ2n) is 6.34. The van der Waals surface area contributed by atoms with Gasteiger partial charge in [0.2, 0.25) is 5.91 Å². The number of carbonyl (C=O) groups excluding carboxylic acids is 1. The molecule has 0 unspecified atom stereocenters. The average Bonchev–Trinajstić information content (AvgIpc) is 3.08. The lowest BCUT2D eigenvalue weighted by Gasteiger charge is -2.36. The molecule has 7 heteroatoms. The van der Waals surface area contributed by atoms with Crippen LogP contribution in [-0.2, 0) is 10.3 Å². The van der Waals surface area contributed by atoms with E-state index in [9.17, 15) is 4.79 Å². The van der Waals surface area contributed by atoms with Crippen molar-refractivity contribution in [3.05, 3.63) is 34.6 Å². The Morgan fingerprint density at radius 1 is 1.33 bits per heavy atom. The zero-order chi connectivity index (χ0) is 17.2. The minimum Gasteiger partial charge on any atom is -0.343 e. The Kier molecular flexibility index (Phi) is 4.85. The highest BCUT2D eigenvalue weighted by molar-refractivity contribution is 6.31. The topological polar surface area (TPSA) is 72.7 Å². The summed E-state index contributed by atoms with van der Waals surface area (Å²) < 4.78 is 1.72. The molecular formula is C17H22ClN5O. The third-order valence-electron chi connectivity index (χ3n) is 4.77. The quantitative estimate of drug-likeness (QED) is 0.920. The molecule has 1 fully saturated rings. The van der Waals surface area contributed by atoms with Crippen LogP contribution in [0.25, 0.3) is 5.69 Å². The molecule has 1 heterocycles. The minimum absolute atomic E-state index is 0.0225. The minimum atomic E-state index is -0.510. The molecule has 2 aromatic rings. The van der Waals surface area contributed by atoms with Crippen LogP contribution in [0, 0.1) is 6.92 Å². The highest BCUT2D eigenvalue weighted by atomic mass is 35.5. The zero-order valence-electron chi connectivity index (χ0n) is 14.0. The van der Waals surface area contributed by atoms with Crippen LogP contribution in [0.2, 0.25) is 5.02 Å². The maximum atomic E-state index is 12.1. The Morgan fingerprint density at radius 2 is 2.08 bits per heavy atom. The van der Waals surface area contributed by atoms with Crippen molar-refractivity contribution in [2.24, 2.45) is 0 Å². The van der Waals surface area contributed by atoms with Gasteiger partial charge in [-0.2, -0.15) is 4.68 Å². The molecule has 6 nitrogen and oxygen atoms in total. The molecule has 0 radical (unpaired) electrons. The number of amides is 1. The molecule has 1 aliphatic rings. The van der Waals surface area contributed by atoms with Gasteiger partial charge < -0.3 is 5.32 Å². The first kappa shape index (κ1) is 16.9. The van der Waals surface area contributed by atoms with E-state index in [0.29, 0.717) is 17.3 Å². The number of tetrazole rings is 1. The standard InChI is InChI=1S/C17H22ClN5O/c1-3-15(24)19-17(10-5-4-6-11-17)16-20-21-22-23(16)14-9-7-8-13(18)12(14)2/h7-9H,3-6,10-11H2,1-2H3,(H,19,24). The summed E-state index contributed by atoms with van der Waals surface area (Å²) >= 11 is 6.26. The molecule has 0 saturated heterocycles. The Bertz CT molecular complexity index is 736. The Hall–Kier alpha value is -1.95. The maximum absolute atomic E-state index is 12.1. The number of nitrogens with one attached hydrogen (secondary N) is 1. The third kappa shape index (κ3) is 3.02. The van der Waals surface area contributed by atoms with Crippen LogP contribution in [0.3, 0.4) is 0 Å². The number of aromatic nitrogens is 4. The monoisotopic (exact) mass is 347 g/mol. The van der Waals surface area contributed by atoms with Crippen molar-refractivity contribution in [2.75, 3.05) is 0 Å². The maximum Gasteiger partial charge on any atom is 0.220 e. The molecule has 1 aliphatic carbocycles. The van der Waals surface area contributed by atoms with E-state index >= 15 is 0 Å². The first-order chi connectivity index (χ1) is 11.6. The fourth-order valence-corrected chi connectivity index (χ4v) is 3.56. The van der Waals surface area contributed by atoms with E-state index in [-0.39, 0.29) is 5.91 Å². The number of carbonyl (C=O) groups is 1. The van der Waals surface area contributed by atoms with E-state index in [0.717, 1.165) is 36.9 Å². The molecule has 1 amide bonds. The number of benzene rings is 1. The summed E-state index contributed by atoms with van der Waals surface area (Å²) in [6.07, 6.45) is 5.40. The molecule has 3 rings (SSSR count). The van der Waals surface area contributed by atoms with Gasteiger partial charge in [-0.3, -0.25) is 4.79 Å².